The summed E-state index contributed by atoms with van der Waals surface area (Å²) in [7, 11) is 0. The number of imidazole rings is 1. The van der Waals surface area contributed by atoms with Gasteiger partial charge in [-0.15, -0.1) is 0 Å². The van der Waals surface area contributed by atoms with Gasteiger partial charge in [0.2, 0.25) is 13.3 Å². The Balaban J connectivity index is 0.0000000992. The first-order chi connectivity index (χ1) is 59.2. The van der Waals surface area contributed by atoms with Gasteiger partial charge in [0.05, 0.1) is 83.2 Å². The van der Waals surface area contributed by atoms with Crippen molar-refractivity contribution in [1.82, 2.24) is 23.2 Å². The second kappa shape index (κ2) is 32.0. The Bertz CT molecular complexity index is 6630. The number of benzene rings is 9. The summed E-state index contributed by atoms with van der Waals surface area (Å²) in [5, 5.41) is 8.15. The van der Waals surface area contributed by atoms with Crippen molar-refractivity contribution in [2.24, 2.45) is 5.41 Å². The number of hydrogen-bond donors (Lipinski definition) is 0. The molecule has 0 atom stereocenters. The zero-order valence-electron chi connectivity index (χ0n) is 69.2. The SMILES string of the molecule is C1=C/Cc2cccc3[n+]2CN(c2ccccc2C/1)c1ccccc1C/C=C/C3.C1=C/Cn2c3[n+](c4ccccc42)C/C=C/Cc2cccc4c5cccc(c5n(c24)C3)C/1.C1=C\Cc2cccc3[n+]2Cn2c4c(cccc4c4cccc(c42)C/C=C\C3)C/1.CC1(C)C[N+]2=C3Cn4c5c(cccc5c5cccc(c54)C/C=C\CC2)C/C=C\CCN3C1=O. The van der Waals surface area contributed by atoms with Crippen LogP contribution in [0, 0.1) is 5.41 Å². The van der Waals surface area contributed by atoms with Gasteiger partial charge in [-0.3, -0.25) is 14.0 Å². The molecule has 9 aliphatic heterocycles. The molecule has 24 rings (SSSR count). The number of carbonyl (C=O) groups is 1. The molecule has 1 amide bonds. The first kappa shape index (κ1) is 74.5. The lowest BCUT2D eigenvalue weighted by Crippen LogP contribution is -2.57. The average Bonchev–Trinajstić information content (AvgIpc) is 1.58. The van der Waals surface area contributed by atoms with Crippen molar-refractivity contribution >= 4 is 99.6 Å². The average molecular weight is 1570 g/mol. The van der Waals surface area contributed by atoms with Crippen LogP contribution >= 0.6 is 0 Å². The number of aromatic nitrogens is 7. The van der Waals surface area contributed by atoms with Crippen LogP contribution in [0.4, 0.5) is 11.4 Å². The Morgan fingerprint density at radius 1 is 0.308 bits per heavy atom. The molecule has 0 saturated carbocycles. The van der Waals surface area contributed by atoms with Crippen LogP contribution in [0.2, 0.25) is 0 Å². The predicted octanol–water partition coefficient (Wildman–Crippen LogP) is 20.4. The van der Waals surface area contributed by atoms with Gasteiger partial charge in [0.15, 0.2) is 33.8 Å². The number of rotatable bonds is 0. The van der Waals surface area contributed by atoms with Gasteiger partial charge in [-0.25, -0.2) is 13.9 Å². The van der Waals surface area contributed by atoms with Crippen molar-refractivity contribution in [3.05, 3.63) is 389 Å². The number of amidine groups is 1. The number of fused-ring (bicyclic) bond motifs is 11. The molecule has 6 aromatic heterocycles. The summed E-state index contributed by atoms with van der Waals surface area (Å²) in [4.78, 5) is 18.3. The molecule has 11 nitrogen and oxygen atoms in total. The van der Waals surface area contributed by atoms with E-state index < -0.39 is 0 Å². The van der Waals surface area contributed by atoms with Crippen LogP contribution in [-0.2, 0) is 121 Å². The van der Waals surface area contributed by atoms with Crippen LogP contribution < -0.4 is 18.6 Å². The van der Waals surface area contributed by atoms with Crippen molar-refractivity contribution < 1.29 is 23.1 Å². The lowest BCUT2D eigenvalue weighted by Gasteiger charge is -2.34. The molecule has 0 spiro atoms. The molecule has 0 unspecified atom stereocenters. The normalized spacial score (nSPS) is 19.0. The van der Waals surface area contributed by atoms with Gasteiger partial charge in [-0.2, -0.15) is 14.0 Å². The molecule has 0 radical (unpaired) electrons. The highest BCUT2D eigenvalue weighted by atomic mass is 16.2. The number of amides is 1. The van der Waals surface area contributed by atoms with Gasteiger partial charge in [0.25, 0.3) is 11.7 Å². The molecule has 592 valence electrons. The second-order valence-electron chi connectivity index (χ2n) is 34.4. The summed E-state index contributed by atoms with van der Waals surface area (Å²) in [6, 6.07) is 80.8. The lowest BCUT2D eigenvalue weighted by atomic mass is 9.89. The van der Waals surface area contributed by atoms with Gasteiger partial charge >= 0.3 is 5.91 Å². The number of carbonyl (C=O) groups excluding carboxylic acids is 1. The van der Waals surface area contributed by atoms with Gasteiger partial charge in [0.1, 0.15) is 38.1 Å². The molecule has 9 aliphatic rings. The summed E-state index contributed by atoms with van der Waals surface area (Å²) in [6.07, 6.45) is 50.6. The third-order valence-electron chi connectivity index (χ3n) is 26.7. The van der Waals surface area contributed by atoms with E-state index in [-0.39, 0.29) is 11.3 Å². The molecule has 0 aliphatic carbocycles. The van der Waals surface area contributed by atoms with Gasteiger partial charge in [-0.1, -0.05) is 243 Å². The maximum Gasteiger partial charge on any atom is 0.319 e. The topological polar surface area (TPSA) is 57.9 Å². The molecule has 15 aromatic rings. The minimum absolute atomic E-state index is 0.257. The molecule has 120 heavy (non-hydrogen) atoms. The Labute approximate surface area is 703 Å². The van der Waals surface area contributed by atoms with Crippen LogP contribution in [-0.4, -0.2) is 59.1 Å². The molecule has 9 aromatic carbocycles. The quantitative estimate of drug-likeness (QED) is 0.112. The van der Waals surface area contributed by atoms with Crippen molar-refractivity contribution in [3.63, 3.8) is 0 Å². The van der Waals surface area contributed by atoms with Crippen molar-refractivity contribution in [2.45, 2.75) is 143 Å². The zero-order chi connectivity index (χ0) is 80.2. The minimum atomic E-state index is -0.381. The number of pyridine rings is 2. The van der Waals surface area contributed by atoms with Crippen LogP contribution in [0.15, 0.2) is 316 Å². The largest absolute Gasteiger partial charge is 0.328 e. The van der Waals surface area contributed by atoms with Crippen molar-refractivity contribution in [3.8, 4) is 0 Å². The van der Waals surface area contributed by atoms with Crippen LogP contribution in [0.1, 0.15) is 99.8 Å². The molecule has 15 heterocycles. The summed E-state index contributed by atoms with van der Waals surface area (Å²) >= 11 is 0. The maximum atomic E-state index is 13.7. The summed E-state index contributed by atoms with van der Waals surface area (Å²) in [5.41, 5.74) is 29.7. The number of anilines is 2. The number of allylic oxidation sites excluding steroid dienone is 14. The number of nitrogens with zero attached hydrogens (tertiary/aromatic N) is 10. The number of hydrogen-bond acceptors (Lipinski definition) is 2. The van der Waals surface area contributed by atoms with E-state index in [1.807, 2.05) is 0 Å². The Hall–Kier alpha value is -13.0. The van der Waals surface area contributed by atoms with E-state index in [1.54, 1.807) is 0 Å². The molecular formula is C109H104N10O+4. The molecule has 0 N–H and O–H groups in total. The fraction of sp³-hybridized carbons (Fsp3) is 0.239. The van der Waals surface area contributed by atoms with Gasteiger partial charge in [0, 0.05) is 69.4 Å². The fourth-order valence-corrected chi connectivity index (χ4v) is 21.0. The Morgan fingerprint density at radius 3 is 1.18 bits per heavy atom. The molecule has 11 heteroatoms. The summed E-state index contributed by atoms with van der Waals surface area (Å²) < 4.78 is 20.2. The van der Waals surface area contributed by atoms with E-state index in [4.69, 9.17) is 0 Å². The third kappa shape index (κ3) is 13.6. The van der Waals surface area contributed by atoms with E-state index in [0.29, 0.717) is 0 Å². The molecule has 8 bridgehead atoms. The van der Waals surface area contributed by atoms with E-state index >= 15 is 0 Å². The van der Waals surface area contributed by atoms with Crippen molar-refractivity contribution in [1.29, 1.82) is 0 Å². The number of para-hydroxylation sites is 10. The van der Waals surface area contributed by atoms with E-state index in [1.165, 1.54) is 161 Å². The van der Waals surface area contributed by atoms with Crippen LogP contribution in [0.3, 0.4) is 0 Å². The van der Waals surface area contributed by atoms with E-state index in [9.17, 15) is 4.79 Å². The van der Waals surface area contributed by atoms with Crippen LogP contribution in [0.25, 0.3) is 76.5 Å². The predicted molar refractivity (Wildman–Crippen MR) is 491 cm³/mol. The van der Waals surface area contributed by atoms with E-state index in [2.05, 4.69) is 376 Å². The molecule has 0 saturated heterocycles. The van der Waals surface area contributed by atoms with E-state index in [0.717, 1.165) is 155 Å². The smallest absolute Gasteiger partial charge is 0.319 e. The first-order valence-corrected chi connectivity index (χ1v) is 43.9. The van der Waals surface area contributed by atoms with Crippen molar-refractivity contribution in [2.75, 3.05) is 24.5 Å². The standard InChI is InChI=1S/C29H32N3O.C28H24N3.C26H23N2.C26H25N2/c1-29(2)20-30-17-7-3-5-11-21-13-9-15-23-24-16-10-14-22-12-6-4-8-18-31(28(29)33)25(30)19-32(26(21)23)27(22)24;1-2-16-25-24(15-1)29-17-5-3-9-20-11-7-13-22-23-14-8-12-21-10-4-6-18-30(25)26(29)19-31(27(20)22)28(21)23;1-3-12-21-14-7-15-22-13-4-2-9-20-11-6-17-24-23-16-5-10-19(8-1)25(23)28(26(20)24)18-27(21)22;1-5-14-23-16-9-17-24-15-6-2-11-22-13-4-8-19-26(22)28(20-27(23)24)25-18-7-3-12-21(25)10-1/h3-6,9-10,13-16H,7-8,11-12,17-20H2,1-2H3;1-8,11-16H,9-10,17-19H2;1-7,10-11,14-17H,8-9,12-13,18H2;1-9,12-13,16-19H,10-11,14-15,20H2/q4*+1/b5-3-,6-4-;5-3+,6-4+;3-1-,4-2-;5-1+,6-2+. The Kier molecular flexibility index (Phi) is 19.9. The highest BCUT2D eigenvalue weighted by molar-refractivity contribution is 6.13. The highest BCUT2D eigenvalue weighted by Crippen LogP contribution is 2.41. The molecular weight excluding hydrogens is 1470 g/mol. The minimum Gasteiger partial charge on any atom is -0.328 e. The highest BCUT2D eigenvalue weighted by Gasteiger charge is 2.47. The van der Waals surface area contributed by atoms with Crippen LogP contribution in [0.5, 0.6) is 0 Å². The Morgan fingerprint density at radius 2 is 0.683 bits per heavy atom. The molecule has 0 fully saturated rings. The van der Waals surface area contributed by atoms with Gasteiger partial charge in [-0.05, 0) is 158 Å². The third-order valence-corrected chi connectivity index (χ3v) is 26.7. The second-order valence-corrected chi connectivity index (χ2v) is 34.4. The van der Waals surface area contributed by atoms with Gasteiger partial charge < -0.3 is 9.13 Å². The lowest BCUT2D eigenvalue weighted by molar-refractivity contribution is -0.713. The zero-order valence-corrected chi connectivity index (χ0v) is 69.2. The summed E-state index contributed by atoms with van der Waals surface area (Å²) in [5.74, 6) is 2.78. The fourth-order valence-electron chi connectivity index (χ4n) is 21.0. The summed E-state index contributed by atoms with van der Waals surface area (Å²) in [6.45, 7) is 11.8. The first-order valence-electron chi connectivity index (χ1n) is 43.9. The monoisotopic (exact) mass is 1570 g/mol. The maximum absolute atomic E-state index is 13.7.